The van der Waals surface area contributed by atoms with E-state index < -0.39 is 11.7 Å². The van der Waals surface area contributed by atoms with Crippen LogP contribution in [-0.4, -0.2) is 17.4 Å². The highest BCUT2D eigenvalue weighted by atomic mass is 19.4. The summed E-state index contributed by atoms with van der Waals surface area (Å²) in [7, 11) is 0. The Balaban J connectivity index is 1.75. The normalized spacial score (nSPS) is 17.5. The van der Waals surface area contributed by atoms with E-state index in [-0.39, 0.29) is 11.9 Å². The van der Waals surface area contributed by atoms with Crippen LogP contribution in [0.15, 0.2) is 54.6 Å². The molecule has 144 valence electrons. The second-order valence-corrected chi connectivity index (χ2v) is 6.73. The highest BCUT2D eigenvalue weighted by Crippen LogP contribution is 2.34. The molecule has 1 fully saturated rings. The van der Waals surface area contributed by atoms with E-state index in [0.29, 0.717) is 17.7 Å². The molecule has 0 N–H and O–H groups in total. The molecule has 0 spiro atoms. The Hall–Kier alpha value is -3.07. The lowest BCUT2D eigenvalue weighted by atomic mass is 9.94. The van der Waals surface area contributed by atoms with Gasteiger partial charge in [-0.2, -0.15) is 18.4 Å². The summed E-state index contributed by atoms with van der Waals surface area (Å²) in [6, 6.07) is 13.7. The third-order valence-electron chi connectivity index (χ3n) is 4.87. The molecule has 1 aliphatic rings. The van der Waals surface area contributed by atoms with Crippen molar-refractivity contribution in [1.82, 2.24) is 4.90 Å². The standard InChI is InChI=1S/C22H19F3N2O/c23-22(24,25)19-11-9-18(10-12-19)20-3-1-2-14-27(20)21(28)13-8-16-4-6-17(15-26)7-5-16/h4-13,20H,1-3,14H2. The number of likely N-dealkylation sites (tertiary alicyclic amines) is 1. The lowest BCUT2D eigenvalue weighted by Gasteiger charge is -2.35. The van der Waals surface area contributed by atoms with Crippen LogP contribution in [0.25, 0.3) is 6.08 Å². The third kappa shape index (κ3) is 4.61. The number of rotatable bonds is 3. The first kappa shape index (κ1) is 19.7. The topological polar surface area (TPSA) is 44.1 Å². The first-order chi connectivity index (χ1) is 13.4. The largest absolute Gasteiger partial charge is 0.416 e. The number of halogens is 3. The van der Waals surface area contributed by atoms with E-state index in [9.17, 15) is 18.0 Å². The Kier molecular flexibility index (Phi) is 5.84. The minimum atomic E-state index is -4.37. The van der Waals surface area contributed by atoms with Crippen LogP contribution in [0.4, 0.5) is 13.2 Å². The smallest absolute Gasteiger partial charge is 0.332 e. The maximum absolute atomic E-state index is 12.8. The lowest BCUT2D eigenvalue weighted by Crippen LogP contribution is -2.37. The number of piperidine rings is 1. The summed E-state index contributed by atoms with van der Waals surface area (Å²) in [5.41, 5.74) is 1.37. The number of hydrogen-bond donors (Lipinski definition) is 0. The highest BCUT2D eigenvalue weighted by Gasteiger charge is 2.31. The third-order valence-corrected chi connectivity index (χ3v) is 4.87. The van der Waals surface area contributed by atoms with Gasteiger partial charge in [0.1, 0.15) is 0 Å². The van der Waals surface area contributed by atoms with Gasteiger partial charge in [0.05, 0.1) is 23.2 Å². The van der Waals surface area contributed by atoms with Crippen molar-refractivity contribution in [2.24, 2.45) is 0 Å². The number of nitriles is 1. The van der Waals surface area contributed by atoms with Gasteiger partial charge in [-0.3, -0.25) is 4.79 Å². The van der Waals surface area contributed by atoms with E-state index in [1.54, 1.807) is 35.2 Å². The van der Waals surface area contributed by atoms with Gasteiger partial charge in [0.25, 0.3) is 0 Å². The second-order valence-electron chi connectivity index (χ2n) is 6.73. The van der Waals surface area contributed by atoms with Gasteiger partial charge in [0.15, 0.2) is 0 Å². The van der Waals surface area contributed by atoms with E-state index in [0.717, 1.165) is 37.0 Å². The fraction of sp³-hybridized carbons (Fsp3) is 0.273. The average Bonchev–Trinajstić information content (AvgIpc) is 2.72. The summed E-state index contributed by atoms with van der Waals surface area (Å²) in [6.07, 6.45) is 1.31. The van der Waals surface area contributed by atoms with E-state index in [2.05, 4.69) is 0 Å². The molecular formula is C22H19F3N2O. The van der Waals surface area contributed by atoms with Gasteiger partial charge in [0.2, 0.25) is 5.91 Å². The number of carbonyl (C=O) groups excluding carboxylic acids is 1. The molecule has 1 heterocycles. The van der Waals surface area contributed by atoms with Crippen LogP contribution in [0, 0.1) is 11.3 Å². The van der Waals surface area contributed by atoms with Crippen molar-refractivity contribution in [3.63, 3.8) is 0 Å². The molecular weight excluding hydrogens is 365 g/mol. The van der Waals surface area contributed by atoms with Crippen molar-refractivity contribution >= 4 is 12.0 Å². The molecule has 1 aliphatic heterocycles. The summed E-state index contributed by atoms with van der Waals surface area (Å²) in [5, 5.41) is 8.82. The number of nitrogens with zero attached hydrogens (tertiary/aromatic N) is 2. The quantitative estimate of drug-likeness (QED) is 0.670. The van der Waals surface area contributed by atoms with Crippen molar-refractivity contribution in [3.05, 3.63) is 76.9 Å². The molecule has 1 saturated heterocycles. The Morgan fingerprint density at radius 3 is 2.36 bits per heavy atom. The summed E-state index contributed by atoms with van der Waals surface area (Å²) in [6.45, 7) is 0.572. The van der Waals surface area contributed by atoms with Gasteiger partial charge in [-0.1, -0.05) is 24.3 Å². The van der Waals surface area contributed by atoms with Gasteiger partial charge in [0, 0.05) is 12.6 Å². The van der Waals surface area contributed by atoms with Crippen LogP contribution in [0.5, 0.6) is 0 Å². The molecule has 0 radical (unpaired) electrons. The molecule has 28 heavy (non-hydrogen) atoms. The second kappa shape index (κ2) is 8.30. The fourth-order valence-electron chi connectivity index (χ4n) is 3.37. The van der Waals surface area contributed by atoms with Gasteiger partial charge in [-0.25, -0.2) is 0 Å². The van der Waals surface area contributed by atoms with Crippen LogP contribution >= 0.6 is 0 Å². The van der Waals surface area contributed by atoms with Crippen LogP contribution in [0.2, 0.25) is 0 Å². The molecule has 1 atom stereocenters. The Labute approximate surface area is 161 Å². The molecule has 0 aliphatic carbocycles. The number of amides is 1. The molecule has 0 aromatic heterocycles. The molecule has 3 nitrogen and oxygen atoms in total. The Bertz CT molecular complexity index is 893. The van der Waals surface area contributed by atoms with Crippen LogP contribution in [0.1, 0.15) is 47.6 Å². The molecule has 0 saturated carbocycles. The SMILES string of the molecule is N#Cc1ccc(C=CC(=O)N2CCCCC2c2ccc(C(F)(F)F)cc2)cc1. The molecule has 1 amide bonds. The zero-order valence-electron chi connectivity index (χ0n) is 15.1. The van der Waals surface area contributed by atoms with Crippen LogP contribution < -0.4 is 0 Å². The van der Waals surface area contributed by atoms with Gasteiger partial charge in [-0.05, 0) is 60.7 Å². The van der Waals surface area contributed by atoms with E-state index in [4.69, 9.17) is 5.26 Å². The molecule has 2 aromatic rings. The van der Waals surface area contributed by atoms with Crippen LogP contribution in [0.3, 0.4) is 0 Å². The minimum absolute atomic E-state index is 0.172. The van der Waals surface area contributed by atoms with Crippen molar-refractivity contribution in [2.45, 2.75) is 31.5 Å². The molecule has 3 rings (SSSR count). The zero-order valence-corrected chi connectivity index (χ0v) is 15.1. The lowest BCUT2D eigenvalue weighted by molar-refractivity contribution is -0.137. The summed E-state index contributed by atoms with van der Waals surface area (Å²) >= 11 is 0. The van der Waals surface area contributed by atoms with E-state index in [1.165, 1.54) is 18.2 Å². The monoisotopic (exact) mass is 384 g/mol. The number of benzene rings is 2. The molecule has 0 bridgehead atoms. The highest BCUT2D eigenvalue weighted by molar-refractivity contribution is 5.92. The average molecular weight is 384 g/mol. The minimum Gasteiger partial charge on any atom is -0.332 e. The number of carbonyl (C=O) groups is 1. The molecule has 2 aromatic carbocycles. The Morgan fingerprint density at radius 1 is 1.07 bits per heavy atom. The van der Waals surface area contributed by atoms with Gasteiger partial charge >= 0.3 is 6.18 Å². The summed E-state index contributed by atoms with van der Waals surface area (Å²) < 4.78 is 38.4. The van der Waals surface area contributed by atoms with Gasteiger partial charge < -0.3 is 4.90 Å². The van der Waals surface area contributed by atoms with Crippen LogP contribution in [-0.2, 0) is 11.0 Å². The fourth-order valence-corrected chi connectivity index (χ4v) is 3.37. The summed E-state index contributed by atoms with van der Waals surface area (Å²) in [4.78, 5) is 14.4. The predicted molar refractivity (Wildman–Crippen MR) is 99.9 cm³/mol. The predicted octanol–water partition coefficient (Wildman–Crippen LogP) is 5.34. The van der Waals surface area contributed by atoms with Crippen molar-refractivity contribution in [3.8, 4) is 6.07 Å². The van der Waals surface area contributed by atoms with E-state index in [1.807, 2.05) is 6.07 Å². The van der Waals surface area contributed by atoms with Crippen molar-refractivity contribution in [1.29, 1.82) is 5.26 Å². The molecule has 1 unspecified atom stereocenters. The van der Waals surface area contributed by atoms with Gasteiger partial charge in [-0.15, -0.1) is 0 Å². The maximum atomic E-state index is 12.8. The number of hydrogen-bond acceptors (Lipinski definition) is 2. The maximum Gasteiger partial charge on any atom is 0.416 e. The first-order valence-corrected chi connectivity index (χ1v) is 9.04. The zero-order chi connectivity index (χ0) is 20.1. The Morgan fingerprint density at radius 2 is 1.75 bits per heavy atom. The molecule has 6 heteroatoms. The van der Waals surface area contributed by atoms with Crippen molar-refractivity contribution in [2.75, 3.05) is 6.54 Å². The van der Waals surface area contributed by atoms with E-state index >= 15 is 0 Å². The van der Waals surface area contributed by atoms with Crippen molar-refractivity contribution < 1.29 is 18.0 Å². The first-order valence-electron chi connectivity index (χ1n) is 9.04. The number of alkyl halides is 3. The summed E-state index contributed by atoms with van der Waals surface area (Å²) in [5.74, 6) is -0.172.